The summed E-state index contributed by atoms with van der Waals surface area (Å²) in [5, 5.41) is 4.71. The molecule has 3 aromatic rings. The maximum atomic E-state index is 4.49. The number of para-hydroxylation sites is 1. The first-order valence-corrected chi connectivity index (χ1v) is 6.98. The van der Waals surface area contributed by atoms with E-state index < -0.39 is 0 Å². The fraction of sp³-hybridized carbons (Fsp3) is 0.235. The Balaban J connectivity index is 1.62. The predicted molar refractivity (Wildman–Crippen MR) is 82.6 cm³/mol. The van der Waals surface area contributed by atoms with E-state index in [1.54, 1.807) is 0 Å². The lowest BCUT2D eigenvalue weighted by atomic mass is 10.1. The van der Waals surface area contributed by atoms with E-state index in [0.717, 1.165) is 25.0 Å². The third-order valence-electron chi connectivity index (χ3n) is 3.64. The predicted octanol–water partition coefficient (Wildman–Crippen LogP) is 2.91. The number of nitrogens with zero attached hydrogens (tertiary/aromatic N) is 2. The molecule has 0 aliphatic rings. The number of benzene rings is 1. The van der Waals surface area contributed by atoms with Crippen LogP contribution in [0.2, 0.25) is 0 Å². The molecule has 20 heavy (non-hydrogen) atoms. The highest BCUT2D eigenvalue weighted by atomic mass is 15.0. The second kappa shape index (κ2) is 5.88. The normalized spacial score (nSPS) is 11.1. The summed E-state index contributed by atoms with van der Waals surface area (Å²) in [4.78, 5) is 4.49. The molecule has 1 aromatic carbocycles. The van der Waals surface area contributed by atoms with Crippen LogP contribution in [0.4, 0.5) is 0 Å². The van der Waals surface area contributed by atoms with Gasteiger partial charge in [0.15, 0.2) is 0 Å². The average molecular weight is 265 g/mol. The van der Waals surface area contributed by atoms with Crippen molar-refractivity contribution in [2.45, 2.75) is 13.0 Å². The topological polar surface area (TPSA) is 29.9 Å². The molecule has 3 heteroatoms. The molecule has 2 heterocycles. The van der Waals surface area contributed by atoms with Crippen molar-refractivity contribution in [2.24, 2.45) is 7.05 Å². The van der Waals surface area contributed by atoms with Crippen LogP contribution in [0.15, 0.2) is 54.9 Å². The second-order valence-corrected chi connectivity index (χ2v) is 5.03. The van der Waals surface area contributed by atoms with E-state index in [1.165, 1.54) is 16.6 Å². The minimum atomic E-state index is 0.904. The standard InChI is InChI=1S/C17H19N3/c1-20-12-4-8-16(20)13-18-11-9-15-6-2-5-14-7-3-10-19-17(14)15/h2-8,10,12,18H,9,11,13H2,1H3. The van der Waals surface area contributed by atoms with Crippen LogP contribution in [0, 0.1) is 0 Å². The summed E-state index contributed by atoms with van der Waals surface area (Å²) in [7, 11) is 2.08. The number of hydrogen-bond donors (Lipinski definition) is 1. The summed E-state index contributed by atoms with van der Waals surface area (Å²) in [6, 6.07) is 14.7. The van der Waals surface area contributed by atoms with Gasteiger partial charge in [-0.15, -0.1) is 0 Å². The second-order valence-electron chi connectivity index (χ2n) is 5.03. The van der Waals surface area contributed by atoms with Gasteiger partial charge < -0.3 is 9.88 Å². The monoisotopic (exact) mass is 265 g/mol. The SMILES string of the molecule is Cn1cccc1CNCCc1cccc2cccnc12. The summed E-state index contributed by atoms with van der Waals surface area (Å²) in [6.45, 7) is 1.86. The van der Waals surface area contributed by atoms with Crippen molar-refractivity contribution in [3.05, 3.63) is 66.1 Å². The molecular weight excluding hydrogens is 246 g/mol. The third-order valence-corrected chi connectivity index (χ3v) is 3.64. The van der Waals surface area contributed by atoms with Crippen LogP contribution < -0.4 is 5.32 Å². The van der Waals surface area contributed by atoms with Crippen LogP contribution >= 0.6 is 0 Å². The Hall–Kier alpha value is -2.13. The number of aromatic nitrogens is 2. The highest BCUT2D eigenvalue weighted by Crippen LogP contribution is 2.16. The molecule has 0 spiro atoms. The lowest BCUT2D eigenvalue weighted by Crippen LogP contribution is -2.18. The Labute approximate surface area is 119 Å². The highest BCUT2D eigenvalue weighted by Gasteiger charge is 2.02. The van der Waals surface area contributed by atoms with E-state index in [9.17, 15) is 0 Å². The van der Waals surface area contributed by atoms with Gasteiger partial charge >= 0.3 is 0 Å². The maximum Gasteiger partial charge on any atom is 0.0734 e. The highest BCUT2D eigenvalue weighted by molar-refractivity contribution is 5.81. The molecule has 0 aliphatic carbocycles. The molecule has 0 saturated heterocycles. The lowest BCUT2D eigenvalue weighted by Gasteiger charge is -2.08. The Morgan fingerprint density at radius 3 is 2.85 bits per heavy atom. The molecule has 1 N–H and O–H groups in total. The van der Waals surface area contributed by atoms with Gasteiger partial charge in [-0.3, -0.25) is 4.98 Å². The van der Waals surface area contributed by atoms with E-state index >= 15 is 0 Å². The van der Waals surface area contributed by atoms with Gasteiger partial charge in [-0.2, -0.15) is 0 Å². The molecule has 2 aromatic heterocycles. The third kappa shape index (κ3) is 2.73. The van der Waals surface area contributed by atoms with Gasteiger partial charge in [-0.25, -0.2) is 0 Å². The number of aryl methyl sites for hydroxylation is 1. The van der Waals surface area contributed by atoms with Gasteiger partial charge in [0.1, 0.15) is 0 Å². The summed E-state index contributed by atoms with van der Waals surface area (Å²) >= 11 is 0. The van der Waals surface area contributed by atoms with Crippen molar-refractivity contribution >= 4 is 10.9 Å². The quantitative estimate of drug-likeness (QED) is 0.719. The molecule has 0 amide bonds. The van der Waals surface area contributed by atoms with Gasteiger partial charge in [0.2, 0.25) is 0 Å². The number of hydrogen-bond acceptors (Lipinski definition) is 2. The number of fused-ring (bicyclic) bond motifs is 1. The van der Waals surface area contributed by atoms with Crippen LogP contribution in [0.25, 0.3) is 10.9 Å². The van der Waals surface area contributed by atoms with Gasteiger partial charge in [0.05, 0.1) is 5.52 Å². The van der Waals surface area contributed by atoms with Gasteiger partial charge in [0, 0.05) is 37.1 Å². The molecule has 0 aliphatic heterocycles. The van der Waals surface area contributed by atoms with Crippen molar-refractivity contribution in [1.82, 2.24) is 14.9 Å². The Morgan fingerprint density at radius 1 is 1.10 bits per heavy atom. The first-order valence-electron chi connectivity index (χ1n) is 6.98. The maximum absolute atomic E-state index is 4.49. The van der Waals surface area contributed by atoms with Crippen molar-refractivity contribution in [1.29, 1.82) is 0 Å². The van der Waals surface area contributed by atoms with Crippen LogP contribution in [-0.4, -0.2) is 16.1 Å². The van der Waals surface area contributed by atoms with Crippen molar-refractivity contribution < 1.29 is 0 Å². The molecule has 0 bridgehead atoms. The molecule has 3 rings (SSSR count). The first-order chi connectivity index (χ1) is 9.84. The number of pyridine rings is 1. The molecule has 0 unspecified atom stereocenters. The molecule has 0 atom stereocenters. The molecular formula is C17H19N3. The largest absolute Gasteiger partial charge is 0.353 e. The summed E-state index contributed by atoms with van der Waals surface area (Å²) in [6.07, 6.45) is 4.94. The van der Waals surface area contributed by atoms with Crippen LogP contribution in [0.1, 0.15) is 11.3 Å². The Kier molecular flexibility index (Phi) is 3.79. The summed E-state index contributed by atoms with van der Waals surface area (Å²) in [5.74, 6) is 0. The molecule has 0 saturated carbocycles. The zero-order valence-electron chi connectivity index (χ0n) is 11.7. The van der Waals surface area contributed by atoms with E-state index in [-0.39, 0.29) is 0 Å². The average Bonchev–Trinajstić information content (AvgIpc) is 2.89. The molecule has 102 valence electrons. The van der Waals surface area contributed by atoms with E-state index in [2.05, 4.69) is 64.5 Å². The molecule has 0 radical (unpaired) electrons. The van der Waals surface area contributed by atoms with E-state index in [0.29, 0.717) is 0 Å². The zero-order valence-corrected chi connectivity index (χ0v) is 11.7. The Bertz CT molecular complexity index is 695. The minimum Gasteiger partial charge on any atom is -0.353 e. The first kappa shape index (κ1) is 12.9. The molecule has 0 fully saturated rings. The minimum absolute atomic E-state index is 0.904. The summed E-state index contributed by atoms with van der Waals surface area (Å²) in [5.41, 5.74) is 3.74. The van der Waals surface area contributed by atoms with E-state index in [4.69, 9.17) is 0 Å². The molecule has 3 nitrogen and oxygen atoms in total. The number of nitrogens with one attached hydrogen (secondary N) is 1. The van der Waals surface area contributed by atoms with Crippen LogP contribution in [0.5, 0.6) is 0 Å². The van der Waals surface area contributed by atoms with Gasteiger partial charge in [-0.1, -0.05) is 24.3 Å². The lowest BCUT2D eigenvalue weighted by molar-refractivity contribution is 0.653. The summed E-state index contributed by atoms with van der Waals surface area (Å²) < 4.78 is 2.15. The zero-order chi connectivity index (χ0) is 13.8. The number of rotatable bonds is 5. The van der Waals surface area contributed by atoms with Crippen molar-refractivity contribution in [3.63, 3.8) is 0 Å². The Morgan fingerprint density at radius 2 is 2.00 bits per heavy atom. The smallest absolute Gasteiger partial charge is 0.0734 e. The van der Waals surface area contributed by atoms with E-state index in [1.807, 2.05) is 12.3 Å². The van der Waals surface area contributed by atoms with Crippen LogP contribution in [0.3, 0.4) is 0 Å². The van der Waals surface area contributed by atoms with Crippen molar-refractivity contribution in [3.8, 4) is 0 Å². The van der Waals surface area contributed by atoms with Gasteiger partial charge in [-0.05, 0) is 36.7 Å². The fourth-order valence-electron chi connectivity index (χ4n) is 2.49. The van der Waals surface area contributed by atoms with Crippen LogP contribution in [-0.2, 0) is 20.0 Å². The fourth-order valence-corrected chi connectivity index (χ4v) is 2.49. The van der Waals surface area contributed by atoms with Crippen molar-refractivity contribution in [2.75, 3.05) is 6.54 Å². The van der Waals surface area contributed by atoms with Gasteiger partial charge in [0.25, 0.3) is 0 Å².